The Hall–Kier alpha value is -0.730. The van der Waals surface area contributed by atoms with Crippen molar-refractivity contribution in [3.8, 4) is 5.75 Å². The Bertz CT molecular complexity index is 683. The summed E-state index contributed by atoms with van der Waals surface area (Å²) in [6, 6.07) is 2.87. The molecule has 0 heterocycles. The molecule has 136 valence electrons. The van der Waals surface area contributed by atoms with E-state index in [0.29, 0.717) is 31.1 Å². The smallest absolute Gasteiger partial charge is 0.257 e. The minimum atomic E-state index is -3.22. The highest BCUT2D eigenvalue weighted by molar-refractivity contribution is 7.88. The molecule has 0 saturated carbocycles. The lowest BCUT2D eigenvalue weighted by Crippen LogP contribution is -2.34. The van der Waals surface area contributed by atoms with Crippen molar-refractivity contribution in [3.05, 3.63) is 27.2 Å². The topological polar surface area (TPSA) is 75.7 Å². The lowest BCUT2D eigenvalue weighted by Gasteiger charge is -2.17. The van der Waals surface area contributed by atoms with Gasteiger partial charge in [-0.05, 0) is 12.5 Å². The minimum absolute atomic E-state index is 0.235. The van der Waals surface area contributed by atoms with E-state index >= 15 is 0 Å². The normalized spacial score (nSPS) is 11.6. The lowest BCUT2D eigenvalue weighted by molar-refractivity contribution is -0.123. The summed E-state index contributed by atoms with van der Waals surface area (Å²) < 4.78 is 29.5. The van der Waals surface area contributed by atoms with Crippen molar-refractivity contribution in [1.29, 1.82) is 0 Å². The van der Waals surface area contributed by atoms with Crippen LogP contribution in [0.5, 0.6) is 5.75 Å². The van der Waals surface area contributed by atoms with Crippen LogP contribution in [-0.4, -0.2) is 51.1 Å². The van der Waals surface area contributed by atoms with Crippen molar-refractivity contribution in [2.24, 2.45) is 0 Å². The largest absolute Gasteiger partial charge is 0.482 e. The molecule has 0 unspecified atom stereocenters. The van der Waals surface area contributed by atoms with Gasteiger partial charge in [-0.2, -0.15) is 0 Å². The number of ether oxygens (including phenoxy) is 1. The molecule has 0 spiro atoms. The van der Waals surface area contributed by atoms with Crippen LogP contribution in [0.1, 0.15) is 13.3 Å². The molecular formula is C14H19Cl3N2O4S. The Balaban J connectivity index is 2.36. The van der Waals surface area contributed by atoms with E-state index in [9.17, 15) is 13.2 Å². The van der Waals surface area contributed by atoms with Gasteiger partial charge in [0.2, 0.25) is 10.0 Å². The summed E-state index contributed by atoms with van der Waals surface area (Å²) in [6.45, 7) is 2.60. The average Bonchev–Trinajstić information content (AvgIpc) is 2.48. The monoisotopic (exact) mass is 416 g/mol. The first kappa shape index (κ1) is 21.3. The molecule has 0 fully saturated rings. The molecule has 0 aliphatic carbocycles. The van der Waals surface area contributed by atoms with Crippen LogP contribution in [0, 0.1) is 0 Å². The summed E-state index contributed by atoms with van der Waals surface area (Å²) in [5.41, 5.74) is 0. The maximum Gasteiger partial charge on any atom is 0.257 e. The first-order chi connectivity index (χ1) is 11.1. The number of hydrogen-bond donors (Lipinski definition) is 1. The molecule has 1 N–H and O–H groups in total. The van der Waals surface area contributed by atoms with Gasteiger partial charge in [0.15, 0.2) is 6.61 Å². The van der Waals surface area contributed by atoms with Gasteiger partial charge < -0.3 is 10.1 Å². The predicted octanol–water partition coefficient (Wildman–Crippen LogP) is 2.81. The standard InChI is InChI=1S/C14H19Cl3N2O4S/c1-3-19(24(2,21)22)6-4-5-18-14(20)9-23-13-8-11(16)10(15)7-12(13)17/h7-8H,3-6,9H2,1-2H3,(H,18,20). The molecule has 1 rings (SSSR count). The number of halogens is 3. The number of amides is 1. The first-order valence-corrected chi connectivity index (χ1v) is 10.1. The third-order valence-corrected chi connectivity index (χ3v) is 5.46. The molecule has 0 aliphatic heterocycles. The number of nitrogens with one attached hydrogen (secondary N) is 1. The molecule has 1 amide bonds. The Morgan fingerprint density at radius 3 is 2.42 bits per heavy atom. The number of carbonyl (C=O) groups excluding carboxylic acids is 1. The lowest BCUT2D eigenvalue weighted by atomic mass is 10.3. The highest BCUT2D eigenvalue weighted by atomic mass is 35.5. The Labute approximate surface area is 157 Å². The van der Waals surface area contributed by atoms with E-state index in [4.69, 9.17) is 39.5 Å². The second-order valence-corrected chi connectivity index (χ2v) is 8.15. The van der Waals surface area contributed by atoms with Gasteiger partial charge in [0.25, 0.3) is 5.91 Å². The zero-order chi connectivity index (χ0) is 18.3. The number of carbonyl (C=O) groups is 1. The van der Waals surface area contributed by atoms with Gasteiger partial charge in [-0.3, -0.25) is 4.79 Å². The Kier molecular flexibility index (Phi) is 8.59. The first-order valence-electron chi connectivity index (χ1n) is 7.14. The van der Waals surface area contributed by atoms with Gasteiger partial charge in [-0.1, -0.05) is 41.7 Å². The summed E-state index contributed by atoms with van der Waals surface area (Å²) in [7, 11) is -3.22. The van der Waals surface area contributed by atoms with E-state index in [1.165, 1.54) is 16.4 Å². The van der Waals surface area contributed by atoms with Crippen LogP contribution in [0.3, 0.4) is 0 Å². The molecule has 0 saturated heterocycles. The van der Waals surface area contributed by atoms with Crippen LogP contribution in [0.4, 0.5) is 0 Å². The third kappa shape index (κ3) is 7.03. The van der Waals surface area contributed by atoms with Gasteiger partial charge in [0.1, 0.15) is 5.75 Å². The van der Waals surface area contributed by atoms with E-state index in [1.54, 1.807) is 6.92 Å². The molecule has 0 aromatic heterocycles. The molecule has 0 radical (unpaired) electrons. The van der Waals surface area contributed by atoms with Crippen molar-refractivity contribution >= 4 is 50.7 Å². The SMILES string of the molecule is CCN(CCCNC(=O)COc1cc(Cl)c(Cl)cc1Cl)S(C)(=O)=O. The number of hydrogen-bond acceptors (Lipinski definition) is 4. The molecule has 0 bridgehead atoms. The summed E-state index contributed by atoms with van der Waals surface area (Å²) in [4.78, 5) is 11.7. The molecule has 24 heavy (non-hydrogen) atoms. The highest BCUT2D eigenvalue weighted by Crippen LogP contribution is 2.33. The van der Waals surface area contributed by atoms with Crippen LogP contribution >= 0.6 is 34.8 Å². The van der Waals surface area contributed by atoms with E-state index in [-0.39, 0.29) is 28.3 Å². The van der Waals surface area contributed by atoms with E-state index < -0.39 is 10.0 Å². The summed E-state index contributed by atoms with van der Waals surface area (Å²) in [6.07, 6.45) is 1.66. The summed E-state index contributed by atoms with van der Waals surface area (Å²) >= 11 is 17.6. The number of sulfonamides is 1. The molecule has 6 nitrogen and oxygen atoms in total. The van der Waals surface area contributed by atoms with Crippen LogP contribution in [0.25, 0.3) is 0 Å². The number of rotatable bonds is 9. The van der Waals surface area contributed by atoms with Gasteiger partial charge in [0, 0.05) is 25.7 Å². The second-order valence-electron chi connectivity index (χ2n) is 4.94. The van der Waals surface area contributed by atoms with Crippen LogP contribution < -0.4 is 10.1 Å². The molecular weight excluding hydrogens is 399 g/mol. The van der Waals surface area contributed by atoms with Crippen molar-refractivity contribution < 1.29 is 17.9 Å². The van der Waals surface area contributed by atoms with Crippen LogP contribution in [-0.2, 0) is 14.8 Å². The summed E-state index contributed by atoms with van der Waals surface area (Å²) in [5.74, 6) is -0.0880. The fraction of sp³-hybridized carbons (Fsp3) is 0.500. The van der Waals surface area contributed by atoms with Crippen molar-refractivity contribution in [1.82, 2.24) is 9.62 Å². The van der Waals surface area contributed by atoms with Gasteiger partial charge >= 0.3 is 0 Å². The third-order valence-electron chi connectivity index (χ3n) is 3.06. The summed E-state index contributed by atoms with van der Waals surface area (Å²) in [5, 5.41) is 3.47. The van der Waals surface area contributed by atoms with Crippen molar-refractivity contribution in [2.75, 3.05) is 32.5 Å². The Morgan fingerprint density at radius 2 is 1.83 bits per heavy atom. The maximum atomic E-state index is 11.7. The quantitative estimate of drug-likeness (QED) is 0.495. The minimum Gasteiger partial charge on any atom is -0.482 e. The van der Waals surface area contributed by atoms with E-state index in [2.05, 4.69) is 5.32 Å². The van der Waals surface area contributed by atoms with Crippen molar-refractivity contribution in [2.45, 2.75) is 13.3 Å². The highest BCUT2D eigenvalue weighted by Gasteiger charge is 2.14. The van der Waals surface area contributed by atoms with Gasteiger partial charge in [0.05, 0.1) is 21.3 Å². The fourth-order valence-electron chi connectivity index (χ4n) is 1.85. The molecule has 1 aromatic carbocycles. The molecule has 0 atom stereocenters. The zero-order valence-electron chi connectivity index (χ0n) is 13.3. The molecule has 1 aromatic rings. The molecule has 10 heteroatoms. The van der Waals surface area contributed by atoms with Crippen LogP contribution in [0.15, 0.2) is 12.1 Å². The van der Waals surface area contributed by atoms with E-state index in [1.807, 2.05) is 0 Å². The van der Waals surface area contributed by atoms with Crippen LogP contribution in [0.2, 0.25) is 15.1 Å². The molecule has 0 aliphatic rings. The van der Waals surface area contributed by atoms with Gasteiger partial charge in [-0.15, -0.1) is 0 Å². The zero-order valence-corrected chi connectivity index (χ0v) is 16.4. The average molecular weight is 418 g/mol. The number of benzene rings is 1. The van der Waals surface area contributed by atoms with Gasteiger partial charge in [-0.25, -0.2) is 12.7 Å². The Morgan fingerprint density at radius 1 is 1.21 bits per heavy atom. The predicted molar refractivity (Wildman–Crippen MR) is 96.7 cm³/mol. The van der Waals surface area contributed by atoms with E-state index in [0.717, 1.165) is 6.26 Å². The number of nitrogens with zero attached hydrogens (tertiary/aromatic N) is 1. The fourth-order valence-corrected chi connectivity index (χ4v) is 3.37. The maximum absolute atomic E-state index is 11.7. The van der Waals surface area contributed by atoms with Crippen molar-refractivity contribution in [3.63, 3.8) is 0 Å². The second kappa shape index (κ2) is 9.68.